The molecule has 1 aromatic heterocycles. The first-order valence-corrected chi connectivity index (χ1v) is 9.45. The zero-order chi connectivity index (χ0) is 20.4. The average molecular weight is 401 g/mol. The number of nitrogens with two attached hydrogens (primary N) is 1. The lowest BCUT2D eigenvalue weighted by molar-refractivity contribution is -0.150. The van der Waals surface area contributed by atoms with Crippen molar-refractivity contribution in [2.24, 2.45) is 5.73 Å². The van der Waals surface area contributed by atoms with Gasteiger partial charge in [-0.05, 0) is 37.8 Å². The smallest absolute Gasteiger partial charge is 0.329 e. The molecule has 2 heterocycles. The number of carbonyl (C=O) groups is 4. The molecule has 0 saturated carbocycles. The number of fused-ring (bicyclic) bond motifs is 1. The number of primary amides is 1. The minimum Gasteiger partial charge on any atom is -0.464 e. The van der Waals surface area contributed by atoms with Gasteiger partial charge in [0.1, 0.15) is 12.6 Å². The summed E-state index contributed by atoms with van der Waals surface area (Å²) in [5.74, 6) is -1.68. The van der Waals surface area contributed by atoms with Gasteiger partial charge in [0.25, 0.3) is 11.1 Å². The number of nitrogens with zero attached hydrogens (tertiary/aromatic N) is 2. The fourth-order valence-electron chi connectivity index (χ4n) is 3.01. The van der Waals surface area contributed by atoms with E-state index in [4.69, 9.17) is 10.5 Å². The van der Waals surface area contributed by atoms with Crippen molar-refractivity contribution in [2.45, 2.75) is 26.4 Å². The van der Waals surface area contributed by atoms with Crippen molar-refractivity contribution in [1.82, 2.24) is 9.47 Å². The van der Waals surface area contributed by atoms with Gasteiger partial charge in [-0.25, -0.2) is 4.79 Å². The van der Waals surface area contributed by atoms with E-state index in [-0.39, 0.29) is 18.1 Å². The molecular weight excluding hydrogens is 382 g/mol. The van der Waals surface area contributed by atoms with Crippen LogP contribution in [-0.2, 0) is 25.7 Å². The molecule has 28 heavy (non-hydrogen) atoms. The van der Waals surface area contributed by atoms with Gasteiger partial charge in [-0.15, -0.1) is 0 Å². The lowest BCUT2D eigenvalue weighted by atomic mass is 10.1. The number of imide groups is 1. The number of rotatable bonds is 6. The summed E-state index contributed by atoms with van der Waals surface area (Å²) in [6.07, 6.45) is 3.29. The van der Waals surface area contributed by atoms with Crippen molar-refractivity contribution >= 4 is 51.8 Å². The first-order valence-electron chi connectivity index (χ1n) is 8.63. The molecule has 0 aliphatic carbocycles. The number of benzene rings is 1. The van der Waals surface area contributed by atoms with E-state index in [0.29, 0.717) is 5.56 Å². The highest BCUT2D eigenvalue weighted by molar-refractivity contribution is 8.18. The maximum Gasteiger partial charge on any atom is 0.329 e. The number of hydrogen-bond donors (Lipinski definition) is 1. The summed E-state index contributed by atoms with van der Waals surface area (Å²) in [5, 5.41) is 0.284. The normalized spacial score (nSPS) is 16.8. The molecule has 1 saturated heterocycles. The first kappa shape index (κ1) is 19.7. The Balaban J connectivity index is 1.96. The lowest BCUT2D eigenvalue weighted by Gasteiger charge is -2.19. The van der Waals surface area contributed by atoms with Gasteiger partial charge in [0, 0.05) is 22.7 Å². The predicted molar refractivity (Wildman–Crippen MR) is 105 cm³/mol. The summed E-state index contributed by atoms with van der Waals surface area (Å²) in [4.78, 5) is 49.4. The Kier molecular flexibility index (Phi) is 5.55. The number of amides is 3. The third-order valence-electron chi connectivity index (χ3n) is 4.27. The molecule has 146 valence electrons. The van der Waals surface area contributed by atoms with Crippen molar-refractivity contribution in [3.63, 3.8) is 0 Å². The van der Waals surface area contributed by atoms with Crippen LogP contribution in [0, 0.1) is 0 Å². The number of aromatic nitrogens is 1. The van der Waals surface area contributed by atoms with Crippen LogP contribution in [0.1, 0.15) is 19.4 Å². The molecule has 0 unspecified atom stereocenters. The highest BCUT2D eigenvalue weighted by Crippen LogP contribution is 2.35. The Morgan fingerprint density at radius 3 is 2.68 bits per heavy atom. The molecule has 2 N–H and O–H groups in total. The first-order chi connectivity index (χ1) is 13.3. The number of carbonyl (C=O) groups excluding carboxylic acids is 4. The van der Waals surface area contributed by atoms with E-state index in [1.165, 1.54) is 6.92 Å². The molecule has 0 radical (unpaired) electrons. The van der Waals surface area contributed by atoms with E-state index in [1.807, 2.05) is 24.3 Å². The Bertz CT molecular complexity index is 1010. The Morgan fingerprint density at radius 1 is 1.29 bits per heavy atom. The van der Waals surface area contributed by atoms with E-state index in [0.717, 1.165) is 27.6 Å². The SMILES string of the molecule is CCOC(=O)[C@H](C)N1C(=O)S/C(=C/c2cn(CC(N)=O)c3ccccc23)C1=O. The number of para-hydroxylation sites is 1. The Morgan fingerprint density at radius 2 is 2.00 bits per heavy atom. The second-order valence-electron chi connectivity index (χ2n) is 6.18. The zero-order valence-electron chi connectivity index (χ0n) is 15.4. The van der Waals surface area contributed by atoms with Crippen LogP contribution in [0.4, 0.5) is 4.79 Å². The molecule has 1 aliphatic heterocycles. The molecule has 1 atom stereocenters. The minimum atomic E-state index is -1.01. The van der Waals surface area contributed by atoms with Crippen molar-refractivity contribution in [2.75, 3.05) is 6.61 Å². The molecule has 2 aromatic rings. The van der Waals surface area contributed by atoms with Gasteiger partial charge in [-0.2, -0.15) is 0 Å². The van der Waals surface area contributed by atoms with E-state index >= 15 is 0 Å². The van der Waals surface area contributed by atoms with Crippen molar-refractivity contribution in [1.29, 1.82) is 0 Å². The molecule has 0 bridgehead atoms. The summed E-state index contributed by atoms with van der Waals surface area (Å²) in [5.41, 5.74) is 6.76. The van der Waals surface area contributed by atoms with Crippen LogP contribution in [0.3, 0.4) is 0 Å². The van der Waals surface area contributed by atoms with E-state index in [9.17, 15) is 19.2 Å². The quantitative estimate of drug-likeness (QED) is 0.586. The lowest BCUT2D eigenvalue weighted by Crippen LogP contribution is -2.42. The standard InChI is InChI=1S/C19H19N3O5S/c1-3-27-18(25)11(2)22-17(24)15(28-19(22)26)8-12-9-21(10-16(20)23)14-7-5-4-6-13(12)14/h4-9,11H,3,10H2,1-2H3,(H2,20,23)/b15-8+/t11-/m0/s1. The van der Waals surface area contributed by atoms with Crippen LogP contribution in [0.5, 0.6) is 0 Å². The van der Waals surface area contributed by atoms with E-state index in [1.54, 1.807) is 23.8 Å². The third-order valence-corrected chi connectivity index (χ3v) is 5.15. The maximum absolute atomic E-state index is 12.7. The summed E-state index contributed by atoms with van der Waals surface area (Å²) >= 11 is 0.762. The molecule has 1 fully saturated rings. The van der Waals surface area contributed by atoms with Gasteiger partial charge in [-0.1, -0.05) is 18.2 Å². The molecule has 1 aromatic carbocycles. The van der Waals surface area contributed by atoms with Crippen LogP contribution in [0.15, 0.2) is 35.4 Å². The minimum absolute atomic E-state index is 0.00424. The summed E-state index contributed by atoms with van der Waals surface area (Å²) in [6.45, 7) is 3.26. The second kappa shape index (κ2) is 7.89. The molecule has 9 heteroatoms. The van der Waals surface area contributed by atoms with Gasteiger partial charge < -0.3 is 15.0 Å². The summed E-state index contributed by atoms with van der Waals surface area (Å²) in [6, 6.07) is 6.35. The van der Waals surface area contributed by atoms with Crippen molar-refractivity contribution in [3.8, 4) is 0 Å². The van der Waals surface area contributed by atoms with Crippen LogP contribution < -0.4 is 5.73 Å². The van der Waals surface area contributed by atoms with Crippen molar-refractivity contribution in [3.05, 3.63) is 40.9 Å². The molecule has 8 nitrogen and oxygen atoms in total. The average Bonchev–Trinajstić information content (AvgIpc) is 3.12. The molecular formula is C19H19N3O5S. The van der Waals surface area contributed by atoms with Crippen LogP contribution in [0.25, 0.3) is 17.0 Å². The van der Waals surface area contributed by atoms with Crippen LogP contribution >= 0.6 is 11.8 Å². The molecule has 3 rings (SSSR count). The topological polar surface area (TPSA) is 112 Å². The van der Waals surface area contributed by atoms with E-state index < -0.39 is 29.1 Å². The van der Waals surface area contributed by atoms with Gasteiger partial charge in [0.05, 0.1) is 11.5 Å². The third kappa shape index (κ3) is 3.65. The van der Waals surface area contributed by atoms with Gasteiger partial charge in [0.15, 0.2) is 0 Å². The summed E-state index contributed by atoms with van der Waals surface area (Å²) in [7, 11) is 0. The van der Waals surface area contributed by atoms with Gasteiger partial charge in [-0.3, -0.25) is 19.3 Å². The monoisotopic (exact) mass is 401 g/mol. The number of esters is 1. The largest absolute Gasteiger partial charge is 0.464 e. The van der Waals surface area contributed by atoms with Gasteiger partial charge >= 0.3 is 5.97 Å². The zero-order valence-corrected chi connectivity index (χ0v) is 16.2. The fraction of sp³-hybridized carbons (Fsp3) is 0.263. The van der Waals surface area contributed by atoms with Crippen LogP contribution in [-0.4, -0.2) is 45.1 Å². The number of ether oxygens (including phenoxy) is 1. The Hall–Kier alpha value is -3.07. The Labute approximate surface area is 165 Å². The highest BCUT2D eigenvalue weighted by atomic mass is 32.2. The van der Waals surface area contributed by atoms with Crippen molar-refractivity contribution < 1.29 is 23.9 Å². The van der Waals surface area contributed by atoms with Crippen LogP contribution in [0.2, 0.25) is 0 Å². The number of thioether (sulfide) groups is 1. The maximum atomic E-state index is 12.7. The molecule has 1 aliphatic rings. The van der Waals surface area contributed by atoms with E-state index in [2.05, 4.69) is 0 Å². The number of hydrogen-bond acceptors (Lipinski definition) is 6. The molecule has 3 amide bonds. The summed E-state index contributed by atoms with van der Waals surface area (Å²) < 4.78 is 6.59. The highest BCUT2D eigenvalue weighted by Gasteiger charge is 2.41. The fourth-order valence-corrected chi connectivity index (χ4v) is 3.91. The van der Waals surface area contributed by atoms with Gasteiger partial charge in [0.2, 0.25) is 5.91 Å². The molecule has 0 spiro atoms. The second-order valence-corrected chi connectivity index (χ2v) is 7.17. The predicted octanol–water partition coefficient (Wildman–Crippen LogP) is 2.11.